The standard InChI is InChI=1S/C7H8ClNO/c1-5-2-6(7(8)10)4-9-3-5/h2-4,7,10H,1H3. The number of aromatic nitrogens is 1. The number of aryl methyl sites for hydroxylation is 1. The summed E-state index contributed by atoms with van der Waals surface area (Å²) < 4.78 is 0. The fourth-order valence-electron chi connectivity index (χ4n) is 0.709. The van der Waals surface area contributed by atoms with Crippen molar-refractivity contribution in [3.8, 4) is 0 Å². The minimum absolute atomic E-state index is 0.640. The highest BCUT2D eigenvalue weighted by Crippen LogP contribution is 2.15. The monoisotopic (exact) mass is 157 g/mol. The van der Waals surface area contributed by atoms with E-state index in [2.05, 4.69) is 4.98 Å². The number of hydrogen-bond acceptors (Lipinski definition) is 2. The van der Waals surface area contributed by atoms with Crippen molar-refractivity contribution in [3.63, 3.8) is 0 Å². The molecule has 0 radical (unpaired) electrons. The Hall–Kier alpha value is -0.600. The highest BCUT2D eigenvalue weighted by Gasteiger charge is 2.01. The van der Waals surface area contributed by atoms with Gasteiger partial charge >= 0.3 is 0 Å². The SMILES string of the molecule is Cc1cncc(C(O)Cl)c1. The van der Waals surface area contributed by atoms with Crippen molar-refractivity contribution in [3.05, 3.63) is 29.6 Å². The van der Waals surface area contributed by atoms with Crippen molar-refractivity contribution in [1.29, 1.82) is 0 Å². The van der Waals surface area contributed by atoms with Crippen molar-refractivity contribution in [1.82, 2.24) is 4.98 Å². The third-order valence-electron chi connectivity index (χ3n) is 1.17. The molecule has 0 saturated carbocycles. The van der Waals surface area contributed by atoms with Gasteiger partial charge in [0, 0.05) is 18.0 Å². The number of hydrogen-bond donors (Lipinski definition) is 1. The van der Waals surface area contributed by atoms with Crippen molar-refractivity contribution in [2.75, 3.05) is 0 Å². The maximum atomic E-state index is 8.87. The first-order chi connectivity index (χ1) is 4.70. The van der Waals surface area contributed by atoms with E-state index in [0.717, 1.165) is 5.56 Å². The Morgan fingerprint density at radius 1 is 1.60 bits per heavy atom. The van der Waals surface area contributed by atoms with Gasteiger partial charge in [0.1, 0.15) is 0 Å². The highest BCUT2D eigenvalue weighted by atomic mass is 35.5. The normalized spacial score (nSPS) is 13.1. The van der Waals surface area contributed by atoms with Gasteiger partial charge in [0.25, 0.3) is 0 Å². The van der Waals surface area contributed by atoms with Gasteiger partial charge in [-0.2, -0.15) is 0 Å². The lowest BCUT2D eigenvalue weighted by molar-refractivity contribution is 0.262. The molecule has 1 heterocycles. The van der Waals surface area contributed by atoms with E-state index >= 15 is 0 Å². The van der Waals surface area contributed by atoms with Crippen LogP contribution in [0.4, 0.5) is 0 Å². The highest BCUT2D eigenvalue weighted by molar-refractivity contribution is 6.19. The number of rotatable bonds is 1. The topological polar surface area (TPSA) is 33.1 Å². The third kappa shape index (κ3) is 1.69. The van der Waals surface area contributed by atoms with Gasteiger partial charge in [-0.15, -0.1) is 0 Å². The Kier molecular flexibility index (Phi) is 2.25. The van der Waals surface area contributed by atoms with E-state index in [1.807, 2.05) is 6.92 Å². The minimum atomic E-state index is -0.938. The molecule has 1 rings (SSSR count). The van der Waals surface area contributed by atoms with Crippen molar-refractivity contribution >= 4 is 11.6 Å². The molecule has 0 amide bonds. The average molecular weight is 158 g/mol. The van der Waals surface area contributed by atoms with Gasteiger partial charge in [0.15, 0.2) is 5.56 Å². The van der Waals surface area contributed by atoms with Gasteiger partial charge in [-0.1, -0.05) is 11.6 Å². The molecule has 2 nitrogen and oxygen atoms in total. The molecule has 0 aliphatic heterocycles. The van der Waals surface area contributed by atoms with E-state index < -0.39 is 5.56 Å². The first-order valence-electron chi connectivity index (χ1n) is 2.94. The van der Waals surface area contributed by atoms with Gasteiger partial charge in [0.05, 0.1) is 0 Å². The third-order valence-corrected chi connectivity index (χ3v) is 1.42. The predicted molar refractivity (Wildman–Crippen MR) is 39.8 cm³/mol. The summed E-state index contributed by atoms with van der Waals surface area (Å²) in [4.78, 5) is 3.86. The molecule has 1 unspecified atom stereocenters. The molecule has 0 aromatic carbocycles. The van der Waals surface area contributed by atoms with Crippen LogP contribution < -0.4 is 0 Å². The van der Waals surface area contributed by atoms with E-state index in [1.54, 1.807) is 18.5 Å². The molecule has 0 saturated heterocycles. The summed E-state index contributed by atoms with van der Waals surface area (Å²) in [6.45, 7) is 1.90. The number of alkyl halides is 1. The first-order valence-corrected chi connectivity index (χ1v) is 3.37. The largest absolute Gasteiger partial charge is 0.373 e. The van der Waals surface area contributed by atoms with Crippen LogP contribution >= 0.6 is 11.6 Å². The van der Waals surface area contributed by atoms with Gasteiger partial charge in [-0.25, -0.2) is 0 Å². The number of nitrogens with zero attached hydrogens (tertiary/aromatic N) is 1. The van der Waals surface area contributed by atoms with Crippen molar-refractivity contribution in [2.24, 2.45) is 0 Å². The van der Waals surface area contributed by atoms with Gasteiger partial charge in [-0.3, -0.25) is 4.98 Å². The molecule has 0 aliphatic carbocycles. The van der Waals surface area contributed by atoms with Gasteiger partial charge in [0.2, 0.25) is 0 Å². The van der Waals surface area contributed by atoms with Crippen LogP contribution in [0.15, 0.2) is 18.5 Å². The number of aliphatic hydroxyl groups is 1. The average Bonchev–Trinajstić information content (AvgIpc) is 1.88. The maximum Gasteiger partial charge on any atom is 0.155 e. The lowest BCUT2D eigenvalue weighted by atomic mass is 10.2. The Morgan fingerprint density at radius 3 is 2.70 bits per heavy atom. The quantitative estimate of drug-likeness (QED) is 0.629. The Bertz CT molecular complexity index is 225. The zero-order valence-corrected chi connectivity index (χ0v) is 6.34. The van der Waals surface area contributed by atoms with Crippen LogP contribution in [-0.4, -0.2) is 10.1 Å². The molecule has 1 aromatic rings. The first kappa shape index (κ1) is 7.51. The predicted octanol–water partition coefficient (Wildman–Crippen LogP) is 1.62. The van der Waals surface area contributed by atoms with E-state index in [-0.39, 0.29) is 0 Å². The van der Waals surface area contributed by atoms with Crippen LogP contribution in [0.3, 0.4) is 0 Å². The second-order valence-corrected chi connectivity index (χ2v) is 2.54. The molecule has 1 atom stereocenters. The Morgan fingerprint density at radius 2 is 2.30 bits per heavy atom. The van der Waals surface area contributed by atoms with E-state index in [0.29, 0.717) is 5.56 Å². The summed E-state index contributed by atoms with van der Waals surface area (Å²) in [5.74, 6) is 0. The van der Waals surface area contributed by atoms with Crippen LogP contribution in [0.25, 0.3) is 0 Å². The van der Waals surface area contributed by atoms with Crippen LogP contribution in [0, 0.1) is 6.92 Å². The van der Waals surface area contributed by atoms with Crippen molar-refractivity contribution < 1.29 is 5.11 Å². The Labute approximate surface area is 64.5 Å². The molecule has 0 bridgehead atoms. The van der Waals surface area contributed by atoms with Gasteiger partial charge < -0.3 is 5.11 Å². The lowest BCUT2D eigenvalue weighted by Gasteiger charge is -2.00. The summed E-state index contributed by atoms with van der Waals surface area (Å²) in [6, 6.07) is 1.80. The second kappa shape index (κ2) is 2.99. The minimum Gasteiger partial charge on any atom is -0.373 e. The lowest BCUT2D eigenvalue weighted by Crippen LogP contribution is -1.89. The number of pyridine rings is 1. The van der Waals surface area contributed by atoms with Crippen molar-refractivity contribution in [2.45, 2.75) is 12.5 Å². The zero-order chi connectivity index (χ0) is 7.56. The molecular formula is C7H8ClNO. The van der Waals surface area contributed by atoms with Crippen LogP contribution in [0.5, 0.6) is 0 Å². The van der Waals surface area contributed by atoms with Crippen LogP contribution in [0.1, 0.15) is 16.7 Å². The van der Waals surface area contributed by atoms with E-state index in [9.17, 15) is 0 Å². The molecular weight excluding hydrogens is 150 g/mol. The fraction of sp³-hybridized carbons (Fsp3) is 0.286. The van der Waals surface area contributed by atoms with Crippen LogP contribution in [-0.2, 0) is 0 Å². The zero-order valence-electron chi connectivity index (χ0n) is 5.58. The number of aliphatic hydroxyl groups excluding tert-OH is 1. The Balaban J connectivity index is 2.96. The van der Waals surface area contributed by atoms with E-state index in [1.165, 1.54) is 0 Å². The molecule has 0 fully saturated rings. The van der Waals surface area contributed by atoms with Gasteiger partial charge in [-0.05, 0) is 18.6 Å². The summed E-state index contributed by atoms with van der Waals surface area (Å²) in [5.41, 5.74) is 0.700. The molecule has 10 heavy (non-hydrogen) atoms. The molecule has 1 aromatic heterocycles. The molecule has 1 N–H and O–H groups in total. The second-order valence-electron chi connectivity index (χ2n) is 2.13. The molecule has 54 valence electrons. The number of halogens is 1. The maximum absolute atomic E-state index is 8.87. The molecule has 0 aliphatic rings. The molecule has 0 spiro atoms. The smallest absolute Gasteiger partial charge is 0.155 e. The summed E-state index contributed by atoms with van der Waals surface area (Å²) in [5, 5.41) is 8.87. The van der Waals surface area contributed by atoms with Crippen LogP contribution in [0.2, 0.25) is 0 Å². The van der Waals surface area contributed by atoms with E-state index in [4.69, 9.17) is 16.7 Å². The summed E-state index contributed by atoms with van der Waals surface area (Å²) in [7, 11) is 0. The summed E-state index contributed by atoms with van der Waals surface area (Å²) >= 11 is 5.39. The molecule has 3 heteroatoms. The summed E-state index contributed by atoms with van der Waals surface area (Å²) in [6.07, 6.45) is 3.26. The fourth-order valence-corrected chi connectivity index (χ4v) is 0.828.